The number of hydrogen-bond donors (Lipinski definition) is 2. The van der Waals surface area contributed by atoms with Gasteiger partial charge in [-0.1, -0.05) is 12.1 Å². The molecule has 0 fully saturated rings. The predicted molar refractivity (Wildman–Crippen MR) is 59.1 cm³/mol. The quantitative estimate of drug-likeness (QED) is 0.823. The Morgan fingerprint density at radius 3 is 3.00 bits per heavy atom. The molecule has 0 aliphatic carbocycles. The Morgan fingerprint density at radius 1 is 1.50 bits per heavy atom. The zero-order valence-electron chi connectivity index (χ0n) is 8.94. The van der Waals surface area contributed by atoms with Gasteiger partial charge in [-0.2, -0.15) is 5.10 Å². The molecule has 0 bridgehead atoms. The second-order valence-electron chi connectivity index (χ2n) is 3.80. The second-order valence-corrected chi connectivity index (χ2v) is 3.80. The maximum absolute atomic E-state index is 13.0. The average Bonchev–Trinajstić information content (AvgIpc) is 2.65. The maximum Gasteiger partial charge on any atom is 0.181 e. The van der Waals surface area contributed by atoms with Crippen LogP contribution in [0.3, 0.4) is 0 Å². The van der Waals surface area contributed by atoms with Gasteiger partial charge in [-0.15, -0.1) is 0 Å². The molecule has 5 heteroatoms. The van der Waals surface area contributed by atoms with E-state index in [1.54, 1.807) is 12.1 Å². The van der Waals surface area contributed by atoms with Crippen LogP contribution >= 0.6 is 0 Å². The van der Waals surface area contributed by atoms with E-state index in [4.69, 9.17) is 5.73 Å². The molecule has 16 heavy (non-hydrogen) atoms. The summed E-state index contributed by atoms with van der Waals surface area (Å²) < 4.78 is 13.0. The SMILES string of the molecule is CC(N)Cc1nc(-c2cccc(F)c2)n[nH]1. The van der Waals surface area contributed by atoms with E-state index in [1.807, 2.05) is 6.92 Å². The van der Waals surface area contributed by atoms with Gasteiger partial charge < -0.3 is 5.73 Å². The van der Waals surface area contributed by atoms with Crippen LogP contribution < -0.4 is 5.73 Å². The first-order valence-corrected chi connectivity index (χ1v) is 5.08. The predicted octanol–water partition coefficient (Wildman–Crippen LogP) is 1.50. The number of halogens is 1. The van der Waals surface area contributed by atoms with Gasteiger partial charge in [-0.05, 0) is 19.1 Å². The topological polar surface area (TPSA) is 67.6 Å². The first-order valence-electron chi connectivity index (χ1n) is 5.08. The Labute approximate surface area is 92.7 Å². The standard InChI is InChI=1S/C11H13FN4/c1-7(13)5-10-14-11(16-15-10)8-3-2-4-9(12)6-8/h2-4,6-7H,5,13H2,1H3,(H,14,15,16). The van der Waals surface area contributed by atoms with Crippen LogP contribution in [-0.4, -0.2) is 21.2 Å². The van der Waals surface area contributed by atoms with Crippen LogP contribution in [-0.2, 0) is 6.42 Å². The smallest absolute Gasteiger partial charge is 0.181 e. The summed E-state index contributed by atoms with van der Waals surface area (Å²) in [6.45, 7) is 1.89. The second kappa shape index (κ2) is 4.40. The van der Waals surface area contributed by atoms with E-state index in [0.29, 0.717) is 23.6 Å². The minimum absolute atomic E-state index is 0.0216. The molecule has 0 spiro atoms. The average molecular weight is 220 g/mol. The summed E-state index contributed by atoms with van der Waals surface area (Å²) in [5, 5.41) is 6.81. The van der Waals surface area contributed by atoms with Crippen LogP contribution in [0.2, 0.25) is 0 Å². The highest BCUT2D eigenvalue weighted by Crippen LogP contribution is 2.15. The van der Waals surface area contributed by atoms with Crippen molar-refractivity contribution in [1.82, 2.24) is 15.2 Å². The molecule has 0 saturated heterocycles. The summed E-state index contributed by atoms with van der Waals surface area (Å²) in [4.78, 5) is 4.25. The van der Waals surface area contributed by atoms with Crippen molar-refractivity contribution in [1.29, 1.82) is 0 Å². The molecule has 2 aromatic rings. The number of nitrogens with one attached hydrogen (secondary N) is 1. The van der Waals surface area contributed by atoms with Crippen molar-refractivity contribution in [3.05, 3.63) is 35.9 Å². The van der Waals surface area contributed by atoms with Gasteiger partial charge in [0.25, 0.3) is 0 Å². The minimum Gasteiger partial charge on any atom is -0.328 e. The van der Waals surface area contributed by atoms with Crippen LogP contribution in [0.1, 0.15) is 12.7 Å². The van der Waals surface area contributed by atoms with E-state index in [9.17, 15) is 4.39 Å². The summed E-state index contributed by atoms with van der Waals surface area (Å²) >= 11 is 0. The largest absolute Gasteiger partial charge is 0.328 e. The summed E-state index contributed by atoms with van der Waals surface area (Å²) in [6.07, 6.45) is 0.627. The minimum atomic E-state index is -0.295. The Morgan fingerprint density at radius 2 is 2.31 bits per heavy atom. The van der Waals surface area contributed by atoms with Crippen LogP contribution in [0.5, 0.6) is 0 Å². The van der Waals surface area contributed by atoms with Gasteiger partial charge in [0.2, 0.25) is 0 Å². The van der Waals surface area contributed by atoms with Gasteiger partial charge in [0.15, 0.2) is 5.82 Å². The first-order chi connectivity index (χ1) is 7.65. The van der Waals surface area contributed by atoms with Crippen LogP contribution in [0, 0.1) is 5.82 Å². The van der Waals surface area contributed by atoms with E-state index >= 15 is 0 Å². The highest BCUT2D eigenvalue weighted by Gasteiger charge is 2.07. The molecule has 1 atom stereocenters. The maximum atomic E-state index is 13.0. The van der Waals surface area contributed by atoms with Crippen LogP contribution in [0.25, 0.3) is 11.4 Å². The molecule has 0 saturated carbocycles. The number of aromatic amines is 1. The van der Waals surface area contributed by atoms with E-state index in [-0.39, 0.29) is 11.9 Å². The number of benzene rings is 1. The summed E-state index contributed by atoms with van der Waals surface area (Å²) in [5.41, 5.74) is 6.31. The molecular formula is C11H13FN4. The van der Waals surface area contributed by atoms with Crippen molar-refractivity contribution in [3.63, 3.8) is 0 Å². The van der Waals surface area contributed by atoms with Gasteiger partial charge in [0, 0.05) is 18.0 Å². The number of hydrogen-bond acceptors (Lipinski definition) is 3. The van der Waals surface area contributed by atoms with Crippen molar-refractivity contribution in [2.24, 2.45) is 5.73 Å². The number of nitrogens with two attached hydrogens (primary N) is 1. The molecule has 1 aromatic carbocycles. The fourth-order valence-corrected chi connectivity index (χ4v) is 1.45. The van der Waals surface area contributed by atoms with E-state index in [2.05, 4.69) is 15.2 Å². The van der Waals surface area contributed by atoms with Crippen molar-refractivity contribution in [2.75, 3.05) is 0 Å². The highest BCUT2D eigenvalue weighted by atomic mass is 19.1. The molecule has 4 nitrogen and oxygen atoms in total. The summed E-state index contributed by atoms with van der Waals surface area (Å²) in [7, 11) is 0. The fourth-order valence-electron chi connectivity index (χ4n) is 1.45. The lowest BCUT2D eigenvalue weighted by Crippen LogP contribution is -2.18. The molecule has 0 radical (unpaired) electrons. The third kappa shape index (κ3) is 2.43. The number of H-pyrrole nitrogens is 1. The Bertz CT molecular complexity index is 478. The Kier molecular flexibility index (Phi) is 2.96. The molecule has 1 unspecified atom stereocenters. The van der Waals surface area contributed by atoms with Crippen molar-refractivity contribution in [3.8, 4) is 11.4 Å². The van der Waals surface area contributed by atoms with Gasteiger partial charge in [0.1, 0.15) is 11.6 Å². The van der Waals surface area contributed by atoms with Crippen LogP contribution in [0.15, 0.2) is 24.3 Å². The lowest BCUT2D eigenvalue weighted by Gasteiger charge is -1.98. The lowest BCUT2D eigenvalue weighted by molar-refractivity contribution is 0.628. The molecule has 1 aromatic heterocycles. The highest BCUT2D eigenvalue weighted by molar-refractivity contribution is 5.54. The summed E-state index contributed by atoms with van der Waals surface area (Å²) in [5.74, 6) is 0.917. The van der Waals surface area contributed by atoms with E-state index in [1.165, 1.54) is 12.1 Å². The molecule has 1 heterocycles. The van der Waals surface area contributed by atoms with E-state index in [0.717, 1.165) is 0 Å². The van der Waals surface area contributed by atoms with Gasteiger partial charge >= 0.3 is 0 Å². The number of rotatable bonds is 3. The number of nitrogens with zero attached hydrogens (tertiary/aromatic N) is 2. The molecule has 0 aliphatic rings. The Hall–Kier alpha value is -1.75. The zero-order chi connectivity index (χ0) is 11.5. The molecule has 2 rings (SSSR count). The third-order valence-corrected chi connectivity index (χ3v) is 2.13. The monoisotopic (exact) mass is 220 g/mol. The van der Waals surface area contributed by atoms with Gasteiger partial charge in [0.05, 0.1) is 0 Å². The molecule has 0 aliphatic heterocycles. The summed E-state index contributed by atoms with van der Waals surface area (Å²) in [6, 6.07) is 6.21. The number of aromatic nitrogens is 3. The molecular weight excluding hydrogens is 207 g/mol. The fraction of sp³-hybridized carbons (Fsp3) is 0.273. The van der Waals surface area contributed by atoms with Crippen LogP contribution in [0.4, 0.5) is 4.39 Å². The van der Waals surface area contributed by atoms with Gasteiger partial charge in [-0.3, -0.25) is 5.10 Å². The zero-order valence-corrected chi connectivity index (χ0v) is 8.94. The molecule has 3 N–H and O–H groups in total. The molecule has 84 valence electrons. The van der Waals surface area contributed by atoms with Crippen molar-refractivity contribution < 1.29 is 4.39 Å². The van der Waals surface area contributed by atoms with Crippen molar-refractivity contribution in [2.45, 2.75) is 19.4 Å². The van der Waals surface area contributed by atoms with Gasteiger partial charge in [-0.25, -0.2) is 9.37 Å². The van der Waals surface area contributed by atoms with E-state index < -0.39 is 0 Å². The lowest BCUT2D eigenvalue weighted by atomic mass is 10.2. The Balaban J connectivity index is 2.24. The molecule has 0 amide bonds. The third-order valence-electron chi connectivity index (χ3n) is 2.13. The first kappa shape index (κ1) is 10.8. The van der Waals surface area contributed by atoms with Crippen molar-refractivity contribution >= 4 is 0 Å². The normalized spacial score (nSPS) is 12.7.